The fraction of sp³-hybridized carbons (Fsp3) is 0.160. The van der Waals surface area contributed by atoms with E-state index in [2.05, 4.69) is 4.98 Å². The number of aromatic nitrogens is 1. The number of hydrogen-bond acceptors (Lipinski definition) is 4. The molecule has 5 nitrogen and oxygen atoms in total. The Hall–Kier alpha value is -3.80. The number of aryl methyl sites for hydroxylation is 2. The summed E-state index contributed by atoms with van der Waals surface area (Å²) in [4.78, 5) is 31.5. The third-order valence-corrected chi connectivity index (χ3v) is 5.43. The van der Waals surface area contributed by atoms with Crippen LogP contribution in [0, 0.1) is 19.7 Å². The van der Waals surface area contributed by atoms with Gasteiger partial charge in [0.25, 0.3) is 11.7 Å². The summed E-state index contributed by atoms with van der Waals surface area (Å²) in [6, 6.07) is 14.4. The van der Waals surface area contributed by atoms with E-state index in [0.29, 0.717) is 16.7 Å². The van der Waals surface area contributed by atoms with Crippen molar-refractivity contribution in [1.29, 1.82) is 0 Å². The molecule has 0 spiro atoms. The monoisotopic (exact) mass is 416 g/mol. The molecule has 31 heavy (non-hydrogen) atoms. The molecule has 4 rings (SSSR count). The van der Waals surface area contributed by atoms with Gasteiger partial charge in [-0.15, -0.1) is 0 Å². The van der Waals surface area contributed by atoms with Crippen LogP contribution in [0.3, 0.4) is 0 Å². The molecule has 2 aromatic carbocycles. The Bertz CT molecular complexity index is 1200. The Labute approximate surface area is 179 Å². The average Bonchev–Trinajstić information content (AvgIpc) is 3.01. The number of pyridine rings is 1. The van der Waals surface area contributed by atoms with Gasteiger partial charge in [0.15, 0.2) is 0 Å². The zero-order chi connectivity index (χ0) is 22.1. The van der Waals surface area contributed by atoms with E-state index in [4.69, 9.17) is 0 Å². The van der Waals surface area contributed by atoms with Gasteiger partial charge < -0.3 is 10.0 Å². The van der Waals surface area contributed by atoms with Crippen LogP contribution in [0.1, 0.15) is 33.9 Å². The molecule has 1 aliphatic rings. The summed E-state index contributed by atoms with van der Waals surface area (Å²) in [7, 11) is 0. The molecule has 0 aliphatic carbocycles. The number of hydrogen-bond donors (Lipinski definition) is 1. The predicted molar refractivity (Wildman–Crippen MR) is 114 cm³/mol. The van der Waals surface area contributed by atoms with E-state index in [9.17, 15) is 19.1 Å². The van der Waals surface area contributed by atoms with Crippen molar-refractivity contribution >= 4 is 17.4 Å². The predicted octanol–water partition coefficient (Wildman–Crippen LogP) is 4.46. The lowest BCUT2D eigenvalue weighted by molar-refractivity contribution is -0.140. The molecule has 1 N–H and O–H groups in total. The van der Waals surface area contributed by atoms with Gasteiger partial charge in [-0.2, -0.15) is 0 Å². The highest BCUT2D eigenvalue weighted by Gasteiger charge is 2.46. The Morgan fingerprint density at radius 3 is 2.48 bits per heavy atom. The summed E-state index contributed by atoms with van der Waals surface area (Å²) >= 11 is 0. The first-order valence-electron chi connectivity index (χ1n) is 9.87. The number of aliphatic hydroxyl groups is 1. The van der Waals surface area contributed by atoms with E-state index >= 15 is 0 Å². The fourth-order valence-electron chi connectivity index (χ4n) is 3.86. The third-order valence-electron chi connectivity index (χ3n) is 5.43. The highest BCUT2D eigenvalue weighted by Crippen LogP contribution is 2.40. The van der Waals surface area contributed by atoms with E-state index in [1.54, 1.807) is 31.5 Å². The number of aliphatic hydroxyl groups excluding tert-OH is 1. The highest BCUT2D eigenvalue weighted by atomic mass is 19.1. The minimum absolute atomic E-state index is 0.00401. The largest absolute Gasteiger partial charge is 0.507 e. The SMILES string of the molecule is Cc1cccc(C2/C(=C(/O)c3ccc(F)c(C)c3)C(=O)C(=O)N2Cc2ccncc2)c1. The highest BCUT2D eigenvalue weighted by molar-refractivity contribution is 6.46. The van der Waals surface area contributed by atoms with Crippen LogP contribution in [0.5, 0.6) is 0 Å². The minimum atomic E-state index is -0.765. The lowest BCUT2D eigenvalue weighted by Crippen LogP contribution is -2.29. The van der Waals surface area contributed by atoms with Gasteiger partial charge in [-0.25, -0.2) is 4.39 Å². The van der Waals surface area contributed by atoms with Gasteiger partial charge >= 0.3 is 0 Å². The molecular formula is C25H21FN2O3. The van der Waals surface area contributed by atoms with Crippen LogP contribution in [-0.2, 0) is 16.1 Å². The van der Waals surface area contributed by atoms with Crippen molar-refractivity contribution in [3.05, 3.63) is 106 Å². The van der Waals surface area contributed by atoms with E-state index in [1.165, 1.54) is 23.1 Å². The summed E-state index contributed by atoms with van der Waals surface area (Å²) in [6.45, 7) is 3.68. The molecule has 0 radical (unpaired) electrons. The van der Waals surface area contributed by atoms with Crippen LogP contribution in [-0.4, -0.2) is 26.7 Å². The summed E-state index contributed by atoms with van der Waals surface area (Å²) in [6.07, 6.45) is 3.24. The zero-order valence-corrected chi connectivity index (χ0v) is 17.2. The van der Waals surface area contributed by atoms with Crippen molar-refractivity contribution < 1.29 is 19.1 Å². The first-order valence-corrected chi connectivity index (χ1v) is 9.87. The number of ketones is 1. The third kappa shape index (κ3) is 3.84. The maximum absolute atomic E-state index is 13.7. The van der Waals surface area contributed by atoms with Gasteiger partial charge in [-0.05, 0) is 60.9 Å². The van der Waals surface area contributed by atoms with Gasteiger partial charge in [-0.3, -0.25) is 14.6 Å². The number of carbonyl (C=O) groups excluding carboxylic acids is 2. The molecule has 1 aromatic heterocycles. The molecule has 2 heterocycles. The number of benzene rings is 2. The van der Waals surface area contributed by atoms with Crippen LogP contribution < -0.4 is 0 Å². The molecule has 1 atom stereocenters. The summed E-state index contributed by atoms with van der Waals surface area (Å²) in [5.74, 6) is -2.18. The van der Waals surface area contributed by atoms with E-state index in [0.717, 1.165) is 11.1 Å². The van der Waals surface area contributed by atoms with Crippen molar-refractivity contribution in [3.8, 4) is 0 Å². The quantitative estimate of drug-likeness (QED) is 0.387. The van der Waals surface area contributed by atoms with Crippen LogP contribution in [0.4, 0.5) is 4.39 Å². The van der Waals surface area contributed by atoms with Gasteiger partial charge in [0.2, 0.25) is 0 Å². The molecule has 1 fully saturated rings. The number of carbonyl (C=O) groups is 2. The number of halogens is 1. The Morgan fingerprint density at radius 2 is 1.81 bits per heavy atom. The number of nitrogens with zero attached hydrogens (tertiary/aromatic N) is 2. The van der Waals surface area contributed by atoms with E-state index in [1.807, 2.05) is 31.2 Å². The average molecular weight is 416 g/mol. The van der Waals surface area contributed by atoms with Crippen molar-refractivity contribution in [2.24, 2.45) is 0 Å². The lowest BCUT2D eigenvalue weighted by Gasteiger charge is -2.25. The Morgan fingerprint density at radius 1 is 1.06 bits per heavy atom. The minimum Gasteiger partial charge on any atom is -0.507 e. The van der Waals surface area contributed by atoms with Crippen molar-refractivity contribution in [2.75, 3.05) is 0 Å². The molecule has 1 saturated heterocycles. The Kier molecular flexibility index (Phi) is 5.38. The number of Topliss-reactive ketones (excluding diaryl/α,β-unsaturated/α-hetero) is 1. The molecule has 156 valence electrons. The number of rotatable bonds is 4. The molecule has 0 bridgehead atoms. The molecular weight excluding hydrogens is 395 g/mol. The second-order valence-electron chi connectivity index (χ2n) is 7.66. The van der Waals surface area contributed by atoms with Gasteiger partial charge in [0.05, 0.1) is 11.6 Å². The zero-order valence-electron chi connectivity index (χ0n) is 17.2. The maximum atomic E-state index is 13.7. The second-order valence-corrected chi connectivity index (χ2v) is 7.66. The molecule has 6 heteroatoms. The summed E-state index contributed by atoms with van der Waals surface area (Å²) in [5, 5.41) is 11.1. The Balaban J connectivity index is 1.88. The van der Waals surface area contributed by atoms with Gasteiger partial charge in [-0.1, -0.05) is 29.8 Å². The van der Waals surface area contributed by atoms with Crippen molar-refractivity contribution in [1.82, 2.24) is 9.88 Å². The smallest absolute Gasteiger partial charge is 0.295 e. The first kappa shape index (κ1) is 20.5. The molecule has 0 saturated carbocycles. The topological polar surface area (TPSA) is 70.5 Å². The maximum Gasteiger partial charge on any atom is 0.295 e. The van der Waals surface area contributed by atoms with Gasteiger partial charge in [0.1, 0.15) is 11.6 Å². The van der Waals surface area contributed by atoms with Crippen LogP contribution in [0.2, 0.25) is 0 Å². The van der Waals surface area contributed by atoms with E-state index < -0.39 is 23.5 Å². The number of likely N-dealkylation sites (tertiary alicyclic amines) is 1. The van der Waals surface area contributed by atoms with Gasteiger partial charge in [0, 0.05) is 24.5 Å². The molecule has 3 aromatic rings. The normalized spacial score (nSPS) is 17.9. The molecule has 1 amide bonds. The lowest BCUT2D eigenvalue weighted by atomic mass is 9.94. The molecule has 1 unspecified atom stereocenters. The first-order chi connectivity index (χ1) is 14.9. The fourth-order valence-corrected chi connectivity index (χ4v) is 3.86. The van der Waals surface area contributed by atoms with Crippen LogP contribution in [0.15, 0.2) is 72.6 Å². The van der Waals surface area contributed by atoms with Crippen molar-refractivity contribution in [3.63, 3.8) is 0 Å². The summed E-state index contributed by atoms with van der Waals surface area (Å²) < 4.78 is 13.7. The summed E-state index contributed by atoms with van der Waals surface area (Å²) in [5.41, 5.74) is 3.11. The number of amides is 1. The molecule has 1 aliphatic heterocycles. The van der Waals surface area contributed by atoms with Crippen LogP contribution in [0.25, 0.3) is 5.76 Å². The standard InChI is InChI=1S/C25H21FN2O3/c1-15-4-3-5-18(12-15)22-21(23(29)19-6-7-20(26)16(2)13-19)24(30)25(31)28(22)14-17-8-10-27-11-9-17/h3-13,22,29H,14H2,1-2H3/b23-21-. The van der Waals surface area contributed by atoms with E-state index in [-0.39, 0.29) is 17.9 Å². The second kappa shape index (κ2) is 8.14. The van der Waals surface area contributed by atoms with Crippen molar-refractivity contribution in [2.45, 2.75) is 26.4 Å². The van der Waals surface area contributed by atoms with Crippen LogP contribution >= 0.6 is 0 Å².